The molecule has 0 bridgehead atoms. The van der Waals surface area contributed by atoms with Gasteiger partial charge >= 0.3 is 0 Å². The fourth-order valence-corrected chi connectivity index (χ4v) is 4.80. The number of rotatable bonds is 6. The van der Waals surface area contributed by atoms with E-state index in [4.69, 9.17) is 0 Å². The molecule has 1 fully saturated rings. The highest BCUT2D eigenvalue weighted by molar-refractivity contribution is 7.99. The molecular formula is C23H27N5OS. The summed E-state index contributed by atoms with van der Waals surface area (Å²) in [5, 5.41) is 12.7. The van der Waals surface area contributed by atoms with Crippen molar-refractivity contribution >= 4 is 23.4 Å². The van der Waals surface area contributed by atoms with E-state index >= 15 is 0 Å². The van der Waals surface area contributed by atoms with Crippen molar-refractivity contribution in [2.75, 3.05) is 11.1 Å². The minimum atomic E-state index is -0.0435. The number of nitrogens with zero attached hydrogens (tertiary/aromatic N) is 4. The molecule has 2 atom stereocenters. The van der Waals surface area contributed by atoms with Gasteiger partial charge in [-0.25, -0.2) is 0 Å². The van der Waals surface area contributed by atoms with Crippen LogP contribution < -0.4 is 5.32 Å². The number of thioether (sulfide) groups is 1. The van der Waals surface area contributed by atoms with E-state index in [0.717, 1.165) is 28.7 Å². The van der Waals surface area contributed by atoms with Crippen LogP contribution in [0.2, 0.25) is 0 Å². The highest BCUT2D eigenvalue weighted by Crippen LogP contribution is 2.38. The Kier molecular flexibility index (Phi) is 6.47. The predicted molar refractivity (Wildman–Crippen MR) is 120 cm³/mol. The van der Waals surface area contributed by atoms with Gasteiger partial charge in [0.15, 0.2) is 11.0 Å². The average molecular weight is 422 g/mol. The van der Waals surface area contributed by atoms with Crippen LogP contribution in [0.25, 0.3) is 11.4 Å². The number of hydrogen-bond acceptors (Lipinski definition) is 5. The van der Waals surface area contributed by atoms with Gasteiger partial charge in [0.05, 0.1) is 5.75 Å². The maximum Gasteiger partial charge on any atom is 0.234 e. The first-order chi connectivity index (χ1) is 14.6. The van der Waals surface area contributed by atoms with Gasteiger partial charge < -0.3 is 5.32 Å². The van der Waals surface area contributed by atoms with Crippen molar-refractivity contribution in [2.45, 2.75) is 50.7 Å². The molecule has 1 aromatic carbocycles. The summed E-state index contributed by atoms with van der Waals surface area (Å²) in [6.07, 6.45) is 8.37. The number of aryl methyl sites for hydroxylation is 1. The number of anilines is 1. The first-order valence-electron chi connectivity index (χ1n) is 10.5. The lowest BCUT2D eigenvalue weighted by atomic mass is 9.85. The minimum Gasteiger partial charge on any atom is -0.325 e. The summed E-state index contributed by atoms with van der Waals surface area (Å²) < 4.78 is 2.24. The van der Waals surface area contributed by atoms with Gasteiger partial charge in [0.2, 0.25) is 5.91 Å². The smallest absolute Gasteiger partial charge is 0.234 e. The van der Waals surface area contributed by atoms with Crippen LogP contribution in [0, 0.1) is 12.8 Å². The van der Waals surface area contributed by atoms with Crippen molar-refractivity contribution in [1.82, 2.24) is 19.7 Å². The second-order valence-corrected chi connectivity index (χ2v) is 8.89. The number of aromatic nitrogens is 4. The van der Waals surface area contributed by atoms with E-state index in [-0.39, 0.29) is 5.91 Å². The van der Waals surface area contributed by atoms with Crippen molar-refractivity contribution in [3.63, 3.8) is 0 Å². The Bertz CT molecular complexity index is 987. The molecule has 0 saturated heterocycles. The minimum absolute atomic E-state index is 0.0435. The van der Waals surface area contributed by atoms with Gasteiger partial charge in [-0.1, -0.05) is 49.2 Å². The molecule has 1 aliphatic rings. The average Bonchev–Trinajstić information content (AvgIpc) is 3.18. The number of pyridine rings is 1. The molecule has 6 nitrogen and oxygen atoms in total. The lowest BCUT2D eigenvalue weighted by Crippen LogP contribution is -2.23. The van der Waals surface area contributed by atoms with Gasteiger partial charge in [-0.05, 0) is 49.9 Å². The Balaban J connectivity index is 1.54. The zero-order valence-corrected chi connectivity index (χ0v) is 18.2. The molecule has 3 aromatic rings. The van der Waals surface area contributed by atoms with E-state index in [0.29, 0.717) is 17.7 Å². The van der Waals surface area contributed by atoms with E-state index < -0.39 is 0 Å². The Labute approximate surface area is 181 Å². The van der Waals surface area contributed by atoms with Gasteiger partial charge in [-0.15, -0.1) is 10.2 Å². The summed E-state index contributed by atoms with van der Waals surface area (Å²) in [6.45, 7) is 4.33. The molecule has 1 saturated carbocycles. The lowest BCUT2D eigenvalue weighted by Gasteiger charge is -2.31. The third kappa shape index (κ3) is 4.73. The first-order valence-corrected chi connectivity index (χ1v) is 11.4. The summed E-state index contributed by atoms with van der Waals surface area (Å²) in [4.78, 5) is 16.8. The van der Waals surface area contributed by atoms with Crippen LogP contribution in [0.3, 0.4) is 0 Å². The number of benzene rings is 1. The third-order valence-corrected chi connectivity index (χ3v) is 6.59. The molecule has 7 heteroatoms. The molecule has 1 aliphatic carbocycles. The van der Waals surface area contributed by atoms with Crippen LogP contribution in [-0.2, 0) is 4.79 Å². The van der Waals surface area contributed by atoms with E-state index in [9.17, 15) is 4.79 Å². The van der Waals surface area contributed by atoms with Crippen LogP contribution in [-0.4, -0.2) is 31.4 Å². The zero-order chi connectivity index (χ0) is 20.9. The van der Waals surface area contributed by atoms with E-state index in [1.54, 1.807) is 6.20 Å². The molecule has 30 heavy (non-hydrogen) atoms. The molecule has 0 aliphatic heterocycles. The Morgan fingerprint density at radius 2 is 1.97 bits per heavy atom. The maximum atomic E-state index is 12.5. The van der Waals surface area contributed by atoms with Crippen molar-refractivity contribution in [3.05, 3.63) is 54.4 Å². The largest absolute Gasteiger partial charge is 0.325 e. The number of carbonyl (C=O) groups is 1. The highest BCUT2D eigenvalue weighted by Gasteiger charge is 2.29. The Hall–Kier alpha value is -2.67. The molecule has 156 valence electrons. The molecule has 2 aromatic heterocycles. The summed E-state index contributed by atoms with van der Waals surface area (Å²) in [5.74, 6) is 1.63. The second kappa shape index (κ2) is 9.43. The van der Waals surface area contributed by atoms with E-state index in [1.807, 2.05) is 49.5 Å². The molecular weight excluding hydrogens is 394 g/mol. The maximum absolute atomic E-state index is 12.5. The van der Waals surface area contributed by atoms with Crippen LogP contribution in [0.1, 0.15) is 44.2 Å². The quantitative estimate of drug-likeness (QED) is 0.559. The number of hydrogen-bond donors (Lipinski definition) is 1. The third-order valence-electron chi connectivity index (χ3n) is 5.65. The summed E-state index contributed by atoms with van der Waals surface area (Å²) in [5.41, 5.74) is 2.93. The van der Waals surface area contributed by atoms with E-state index in [2.05, 4.69) is 32.0 Å². The van der Waals surface area contributed by atoms with Crippen LogP contribution >= 0.6 is 11.8 Å². The van der Waals surface area contributed by atoms with Gasteiger partial charge in [-0.2, -0.15) is 0 Å². The monoisotopic (exact) mass is 421 g/mol. The fourth-order valence-electron chi connectivity index (χ4n) is 4.01. The first kappa shape index (κ1) is 20.6. The molecule has 1 N–H and O–H groups in total. The van der Waals surface area contributed by atoms with Gasteiger partial charge in [0.25, 0.3) is 0 Å². The summed E-state index contributed by atoms with van der Waals surface area (Å²) in [7, 11) is 0. The van der Waals surface area contributed by atoms with Gasteiger partial charge in [0, 0.05) is 29.7 Å². The van der Waals surface area contributed by atoms with Crippen LogP contribution in [0.4, 0.5) is 5.69 Å². The Morgan fingerprint density at radius 1 is 1.17 bits per heavy atom. The van der Waals surface area contributed by atoms with Crippen molar-refractivity contribution in [2.24, 2.45) is 5.92 Å². The lowest BCUT2D eigenvalue weighted by molar-refractivity contribution is -0.113. The molecule has 1 amide bonds. The Morgan fingerprint density at radius 3 is 2.70 bits per heavy atom. The van der Waals surface area contributed by atoms with Gasteiger partial charge in [-0.3, -0.25) is 14.3 Å². The number of carbonyl (C=O) groups excluding carboxylic acids is 1. The molecule has 0 unspecified atom stereocenters. The van der Waals surface area contributed by atoms with Crippen molar-refractivity contribution in [3.8, 4) is 11.4 Å². The van der Waals surface area contributed by atoms with Crippen molar-refractivity contribution < 1.29 is 4.79 Å². The molecule has 0 radical (unpaired) electrons. The standard InChI is InChI=1S/C23H27N5OS/c1-16-9-11-19(12-10-16)25-21(29)15-30-23-27-26-22(18-7-5-13-24-14-18)28(23)20-8-4-3-6-17(20)2/h5,7,9-14,17,20H,3-4,6,8,15H2,1-2H3,(H,25,29)/t17-,20-/m1/s1. The highest BCUT2D eigenvalue weighted by atomic mass is 32.2. The zero-order valence-electron chi connectivity index (χ0n) is 17.4. The fraction of sp³-hybridized carbons (Fsp3) is 0.391. The topological polar surface area (TPSA) is 72.7 Å². The number of nitrogens with one attached hydrogen (secondary N) is 1. The van der Waals surface area contributed by atoms with Gasteiger partial charge in [0.1, 0.15) is 0 Å². The normalized spacial score (nSPS) is 18.9. The number of amides is 1. The SMILES string of the molecule is Cc1ccc(NC(=O)CSc2nnc(-c3cccnc3)n2[C@@H]2CCCC[C@H]2C)cc1. The molecule has 2 heterocycles. The van der Waals surface area contributed by atoms with Crippen LogP contribution in [0.15, 0.2) is 53.9 Å². The van der Waals surface area contributed by atoms with Crippen molar-refractivity contribution in [1.29, 1.82) is 0 Å². The molecule has 4 rings (SSSR count). The summed E-state index contributed by atoms with van der Waals surface area (Å²) >= 11 is 1.45. The molecule has 0 spiro atoms. The summed E-state index contributed by atoms with van der Waals surface area (Å²) in [6, 6.07) is 12.1. The van der Waals surface area contributed by atoms with E-state index in [1.165, 1.54) is 36.6 Å². The second-order valence-electron chi connectivity index (χ2n) is 7.95. The predicted octanol–water partition coefficient (Wildman–Crippen LogP) is 5.13. The van der Waals surface area contributed by atoms with Crippen LogP contribution in [0.5, 0.6) is 0 Å².